The standard InChI is InChI=1S/C35H53N4O10P/c1-8-27(19-33(41)47-23-48-34(42)22-38(7)32(40)10-9-17-49-50(44,45)46)28-13-16-31(39(20-24(2)3)21-25(4)5)30(18-28)37-35(43)36-29-14-11-26(6)12-15-29/h11-16,18,24-25,27H,8-10,17,19-23H2,1-7H3,(H2,36,37,43)(H2,44,45,46)/t27-/m0/s1. The number of amides is 3. The van der Waals surface area contributed by atoms with Gasteiger partial charge in [-0.05, 0) is 67.3 Å². The summed E-state index contributed by atoms with van der Waals surface area (Å²) in [4.78, 5) is 71.1. The van der Waals surface area contributed by atoms with Crippen LogP contribution in [-0.4, -0.2) is 78.6 Å². The van der Waals surface area contributed by atoms with Crippen LogP contribution in [0, 0.1) is 18.8 Å². The number of nitrogens with zero attached hydrogens (tertiary/aromatic N) is 2. The first-order chi connectivity index (χ1) is 23.5. The van der Waals surface area contributed by atoms with Crippen LogP contribution in [0.15, 0.2) is 42.5 Å². The average Bonchev–Trinajstić information content (AvgIpc) is 3.01. The molecule has 2 aromatic rings. The minimum Gasteiger partial charge on any atom is -0.428 e. The largest absolute Gasteiger partial charge is 0.469 e. The number of hydrogen-bond donors (Lipinski definition) is 4. The number of esters is 2. The van der Waals surface area contributed by atoms with E-state index >= 15 is 0 Å². The predicted octanol–water partition coefficient (Wildman–Crippen LogP) is 6.03. The van der Waals surface area contributed by atoms with E-state index in [1.165, 1.54) is 7.05 Å². The minimum absolute atomic E-state index is 0.000820. The van der Waals surface area contributed by atoms with E-state index in [1.54, 1.807) is 0 Å². The summed E-state index contributed by atoms with van der Waals surface area (Å²) in [6.45, 7) is 12.7. The van der Waals surface area contributed by atoms with Crippen molar-refractivity contribution in [2.45, 2.75) is 73.1 Å². The number of carbonyl (C=O) groups excluding carboxylic acids is 4. The number of aryl methyl sites for hydroxylation is 1. The third-order valence-corrected chi connectivity index (χ3v) is 8.01. The second-order valence-corrected chi connectivity index (χ2v) is 14.3. The fraction of sp³-hybridized carbons (Fsp3) is 0.543. The maximum atomic E-state index is 13.2. The van der Waals surface area contributed by atoms with Crippen LogP contribution in [0.2, 0.25) is 0 Å². The maximum Gasteiger partial charge on any atom is 0.469 e. The summed E-state index contributed by atoms with van der Waals surface area (Å²) in [7, 11) is -3.24. The highest BCUT2D eigenvalue weighted by Gasteiger charge is 2.22. The Morgan fingerprint density at radius 1 is 0.900 bits per heavy atom. The number of carbonyl (C=O) groups is 4. The summed E-state index contributed by atoms with van der Waals surface area (Å²) in [5.74, 6) is -1.35. The van der Waals surface area contributed by atoms with Crippen LogP contribution in [0.1, 0.15) is 77.3 Å². The Morgan fingerprint density at radius 2 is 1.52 bits per heavy atom. The van der Waals surface area contributed by atoms with Crippen LogP contribution >= 0.6 is 7.82 Å². The van der Waals surface area contributed by atoms with Gasteiger partial charge < -0.3 is 39.7 Å². The van der Waals surface area contributed by atoms with Gasteiger partial charge in [-0.3, -0.25) is 18.9 Å². The van der Waals surface area contributed by atoms with Gasteiger partial charge in [0.25, 0.3) is 0 Å². The van der Waals surface area contributed by atoms with Gasteiger partial charge in [-0.1, -0.05) is 58.4 Å². The molecule has 0 fully saturated rings. The van der Waals surface area contributed by atoms with Crippen molar-refractivity contribution in [2.24, 2.45) is 11.8 Å². The fourth-order valence-corrected chi connectivity index (χ4v) is 5.47. The van der Waals surface area contributed by atoms with Crippen molar-refractivity contribution in [1.29, 1.82) is 0 Å². The molecule has 0 unspecified atom stereocenters. The first-order valence-electron chi connectivity index (χ1n) is 16.8. The van der Waals surface area contributed by atoms with Crippen molar-refractivity contribution in [3.63, 3.8) is 0 Å². The second-order valence-electron chi connectivity index (χ2n) is 13.1. The molecule has 3 amide bonds. The molecule has 14 nitrogen and oxygen atoms in total. The van der Waals surface area contributed by atoms with Crippen molar-refractivity contribution in [2.75, 3.05) is 55.6 Å². The number of phosphoric acid groups is 1. The van der Waals surface area contributed by atoms with Gasteiger partial charge in [0.1, 0.15) is 6.54 Å². The molecule has 0 bridgehead atoms. The molecule has 0 heterocycles. The van der Waals surface area contributed by atoms with Crippen molar-refractivity contribution in [1.82, 2.24) is 4.90 Å². The molecule has 0 saturated heterocycles. The first kappa shape index (κ1) is 42.2. The molecule has 0 aliphatic rings. The van der Waals surface area contributed by atoms with E-state index in [2.05, 4.69) is 47.8 Å². The zero-order valence-electron chi connectivity index (χ0n) is 30.1. The Balaban J connectivity index is 2.07. The van der Waals surface area contributed by atoms with Crippen LogP contribution in [-0.2, 0) is 32.9 Å². The lowest BCUT2D eigenvalue weighted by Crippen LogP contribution is -2.33. The third kappa shape index (κ3) is 16.2. The molecule has 2 rings (SSSR count). The molecule has 0 aliphatic carbocycles. The molecule has 0 aliphatic heterocycles. The van der Waals surface area contributed by atoms with Gasteiger partial charge in [0.2, 0.25) is 12.7 Å². The van der Waals surface area contributed by atoms with Gasteiger partial charge in [-0.15, -0.1) is 0 Å². The normalized spacial score (nSPS) is 12.0. The zero-order valence-corrected chi connectivity index (χ0v) is 31.0. The summed E-state index contributed by atoms with van der Waals surface area (Å²) in [5, 5.41) is 5.92. The van der Waals surface area contributed by atoms with Gasteiger partial charge >= 0.3 is 25.8 Å². The Bertz CT molecular complexity index is 1450. The van der Waals surface area contributed by atoms with E-state index in [9.17, 15) is 23.7 Å². The van der Waals surface area contributed by atoms with E-state index in [0.717, 1.165) is 34.8 Å². The molecule has 0 saturated carbocycles. The lowest BCUT2D eigenvalue weighted by Gasteiger charge is -2.31. The van der Waals surface area contributed by atoms with Gasteiger partial charge in [0.15, 0.2) is 0 Å². The SMILES string of the molecule is CC[C@@H](CC(=O)OCOC(=O)CN(C)C(=O)CCCOP(=O)(O)O)c1ccc(N(CC(C)C)CC(C)C)c(NC(=O)Nc2ccc(C)cc2)c1. The summed E-state index contributed by atoms with van der Waals surface area (Å²) in [5.41, 5.74) is 4.05. The lowest BCUT2D eigenvalue weighted by molar-refractivity contribution is -0.169. The molecule has 0 radical (unpaired) electrons. The molecule has 1 atom stereocenters. The highest BCUT2D eigenvalue weighted by atomic mass is 31.2. The van der Waals surface area contributed by atoms with E-state index < -0.39 is 45.0 Å². The van der Waals surface area contributed by atoms with Crippen LogP contribution in [0.4, 0.5) is 21.9 Å². The minimum atomic E-state index is -4.62. The number of hydrogen-bond acceptors (Lipinski definition) is 9. The Morgan fingerprint density at radius 3 is 2.10 bits per heavy atom. The molecule has 4 N–H and O–H groups in total. The lowest BCUT2D eigenvalue weighted by atomic mass is 9.92. The third-order valence-electron chi connectivity index (χ3n) is 7.49. The van der Waals surface area contributed by atoms with Gasteiger partial charge in [-0.25, -0.2) is 9.36 Å². The number of phosphoric ester groups is 1. The van der Waals surface area contributed by atoms with Crippen molar-refractivity contribution >= 4 is 48.8 Å². The Hall–Kier alpha value is -3.97. The van der Waals surface area contributed by atoms with Gasteiger partial charge in [-0.2, -0.15) is 0 Å². The quantitative estimate of drug-likeness (QED) is 0.0542. The average molecular weight is 721 g/mol. The number of nitrogens with one attached hydrogen (secondary N) is 2. The van der Waals surface area contributed by atoms with Crippen LogP contribution in [0.5, 0.6) is 0 Å². The molecule has 0 aromatic heterocycles. The highest BCUT2D eigenvalue weighted by Crippen LogP contribution is 2.36. The van der Waals surface area contributed by atoms with E-state index in [1.807, 2.05) is 56.3 Å². The smallest absolute Gasteiger partial charge is 0.428 e. The first-order valence-corrected chi connectivity index (χ1v) is 18.3. The number of urea groups is 1. The van der Waals surface area contributed by atoms with Crippen molar-refractivity contribution in [3.8, 4) is 0 Å². The molecule has 2 aromatic carbocycles. The molecule has 0 spiro atoms. The number of benzene rings is 2. The van der Waals surface area contributed by atoms with E-state index in [4.69, 9.17) is 19.3 Å². The highest BCUT2D eigenvalue weighted by molar-refractivity contribution is 7.46. The van der Waals surface area contributed by atoms with Crippen LogP contribution < -0.4 is 15.5 Å². The van der Waals surface area contributed by atoms with Crippen molar-refractivity contribution in [3.05, 3.63) is 53.6 Å². The van der Waals surface area contributed by atoms with Crippen molar-refractivity contribution < 1.29 is 47.5 Å². The van der Waals surface area contributed by atoms with E-state index in [-0.39, 0.29) is 31.8 Å². The summed E-state index contributed by atoms with van der Waals surface area (Å²) < 4.78 is 25.2. The number of likely N-dealkylation sites (N-methyl/N-ethyl adjacent to an activating group) is 1. The van der Waals surface area contributed by atoms with E-state index in [0.29, 0.717) is 29.6 Å². The zero-order chi connectivity index (χ0) is 37.4. The molecule has 278 valence electrons. The monoisotopic (exact) mass is 720 g/mol. The number of ether oxygens (including phenoxy) is 2. The fourth-order valence-electron chi connectivity index (χ4n) is 5.10. The van der Waals surface area contributed by atoms with Crippen LogP contribution in [0.3, 0.4) is 0 Å². The second kappa shape index (κ2) is 20.6. The molecule has 15 heteroatoms. The summed E-state index contributed by atoms with van der Waals surface area (Å²) >= 11 is 0. The number of anilines is 3. The summed E-state index contributed by atoms with van der Waals surface area (Å²) in [6, 6.07) is 12.9. The maximum absolute atomic E-state index is 13.2. The Kier molecular flexibility index (Phi) is 17.4. The predicted molar refractivity (Wildman–Crippen MR) is 192 cm³/mol. The van der Waals surface area contributed by atoms with Gasteiger partial charge in [0.05, 0.1) is 24.4 Å². The topological polar surface area (TPSA) is 184 Å². The number of rotatable bonds is 20. The molecule has 50 heavy (non-hydrogen) atoms. The summed E-state index contributed by atoms with van der Waals surface area (Å²) in [6.07, 6.45) is 0.547. The van der Waals surface area contributed by atoms with Gasteiger partial charge in [0, 0.05) is 32.2 Å². The molecular formula is C35H53N4O10P. The van der Waals surface area contributed by atoms with Crippen LogP contribution in [0.25, 0.3) is 0 Å². The Labute approximate surface area is 295 Å². The molecular weight excluding hydrogens is 667 g/mol.